The van der Waals surface area contributed by atoms with Crippen molar-refractivity contribution in [1.82, 2.24) is 10.3 Å². The lowest BCUT2D eigenvalue weighted by Crippen LogP contribution is -2.23. The zero-order chi connectivity index (χ0) is 18.8. The van der Waals surface area contributed by atoms with Crippen LogP contribution in [-0.4, -0.2) is 16.8 Å². The summed E-state index contributed by atoms with van der Waals surface area (Å²) >= 11 is 1.36. The number of rotatable bonds is 3. The molecule has 0 bridgehead atoms. The Morgan fingerprint density at radius 1 is 1.15 bits per heavy atom. The largest absolute Gasteiger partial charge is 0.348 e. The van der Waals surface area contributed by atoms with Gasteiger partial charge in [0.25, 0.3) is 11.8 Å². The minimum atomic E-state index is -0.467. The first-order valence-electron chi connectivity index (χ1n) is 8.20. The molecule has 0 spiro atoms. The van der Waals surface area contributed by atoms with Crippen LogP contribution in [0.15, 0.2) is 70.7 Å². The van der Waals surface area contributed by atoms with Crippen molar-refractivity contribution in [2.45, 2.75) is 16.3 Å². The fraction of sp³-hybridized carbons (Fsp3) is 0.0500. The number of carbonyl (C=O) groups excluding carboxylic acids is 2. The third-order valence-electron chi connectivity index (χ3n) is 4.07. The minimum Gasteiger partial charge on any atom is -0.348 e. The van der Waals surface area contributed by atoms with Crippen LogP contribution in [0.1, 0.15) is 26.3 Å². The molecule has 0 unspecified atom stereocenters. The Morgan fingerprint density at radius 3 is 2.81 bits per heavy atom. The van der Waals surface area contributed by atoms with Gasteiger partial charge in [-0.1, -0.05) is 17.8 Å². The maximum absolute atomic E-state index is 13.5. The normalized spacial score (nSPS) is 12.4. The van der Waals surface area contributed by atoms with Crippen LogP contribution in [0.4, 0.5) is 10.1 Å². The van der Waals surface area contributed by atoms with Gasteiger partial charge in [0.2, 0.25) is 0 Å². The van der Waals surface area contributed by atoms with Gasteiger partial charge in [0, 0.05) is 34.3 Å². The topological polar surface area (TPSA) is 71.1 Å². The van der Waals surface area contributed by atoms with Crippen molar-refractivity contribution in [3.05, 3.63) is 83.4 Å². The highest BCUT2D eigenvalue weighted by Gasteiger charge is 2.21. The quantitative estimate of drug-likeness (QED) is 0.725. The number of halogens is 1. The third-order valence-corrected chi connectivity index (χ3v) is 5.22. The number of benzene rings is 2. The molecule has 0 saturated carbocycles. The highest BCUT2D eigenvalue weighted by atomic mass is 32.2. The summed E-state index contributed by atoms with van der Waals surface area (Å²) in [6.07, 6.45) is 3.35. The van der Waals surface area contributed by atoms with E-state index < -0.39 is 11.7 Å². The SMILES string of the molecule is O=C(NCc1cccnc1)c1ccc2c(c1)NC(=O)c1cc(F)ccc1S2. The lowest BCUT2D eigenvalue weighted by atomic mass is 10.1. The molecule has 0 atom stereocenters. The van der Waals surface area contributed by atoms with Gasteiger partial charge < -0.3 is 10.6 Å². The average Bonchev–Trinajstić information content (AvgIpc) is 2.82. The number of hydrogen-bond acceptors (Lipinski definition) is 4. The summed E-state index contributed by atoms with van der Waals surface area (Å²) in [4.78, 5) is 30.3. The van der Waals surface area contributed by atoms with Gasteiger partial charge in [0.15, 0.2) is 0 Å². The molecule has 7 heteroatoms. The van der Waals surface area contributed by atoms with E-state index in [-0.39, 0.29) is 11.5 Å². The van der Waals surface area contributed by atoms with E-state index >= 15 is 0 Å². The average molecular weight is 379 g/mol. The van der Waals surface area contributed by atoms with Crippen LogP contribution in [0.2, 0.25) is 0 Å². The summed E-state index contributed by atoms with van der Waals surface area (Å²) in [7, 11) is 0. The highest BCUT2D eigenvalue weighted by Crippen LogP contribution is 2.39. The maximum atomic E-state index is 13.5. The molecular formula is C20H14FN3O2S. The molecular weight excluding hydrogens is 365 g/mol. The molecule has 2 N–H and O–H groups in total. The van der Waals surface area contributed by atoms with Crippen molar-refractivity contribution in [2.75, 3.05) is 5.32 Å². The molecule has 5 nitrogen and oxygen atoms in total. The van der Waals surface area contributed by atoms with E-state index in [1.165, 1.54) is 23.9 Å². The predicted molar refractivity (Wildman–Crippen MR) is 100 cm³/mol. The van der Waals surface area contributed by atoms with Gasteiger partial charge >= 0.3 is 0 Å². The predicted octanol–water partition coefficient (Wildman–Crippen LogP) is 3.87. The van der Waals surface area contributed by atoms with E-state index in [0.717, 1.165) is 10.5 Å². The molecule has 2 heterocycles. The number of fused-ring (bicyclic) bond motifs is 2. The van der Waals surface area contributed by atoms with Crippen molar-refractivity contribution in [2.24, 2.45) is 0 Å². The molecule has 1 aliphatic heterocycles. The molecule has 3 aromatic rings. The molecule has 2 aromatic carbocycles. The molecule has 27 heavy (non-hydrogen) atoms. The first-order chi connectivity index (χ1) is 13.1. The summed E-state index contributed by atoms with van der Waals surface area (Å²) < 4.78 is 13.5. The van der Waals surface area contributed by atoms with E-state index in [0.29, 0.717) is 22.7 Å². The zero-order valence-electron chi connectivity index (χ0n) is 14.0. The number of anilines is 1. The molecule has 4 rings (SSSR count). The van der Waals surface area contributed by atoms with Gasteiger partial charge in [-0.2, -0.15) is 0 Å². The van der Waals surface area contributed by atoms with E-state index in [9.17, 15) is 14.0 Å². The van der Waals surface area contributed by atoms with Gasteiger partial charge in [0.05, 0.1) is 11.3 Å². The molecule has 0 radical (unpaired) electrons. The molecule has 1 aliphatic rings. The molecule has 134 valence electrons. The minimum absolute atomic E-state index is 0.256. The maximum Gasteiger partial charge on any atom is 0.256 e. The van der Waals surface area contributed by atoms with Crippen molar-refractivity contribution in [1.29, 1.82) is 0 Å². The summed E-state index contributed by atoms with van der Waals surface area (Å²) in [6, 6.07) is 12.9. The Balaban J connectivity index is 1.56. The van der Waals surface area contributed by atoms with E-state index in [1.54, 1.807) is 42.7 Å². The molecule has 2 amide bonds. The Morgan fingerprint density at radius 2 is 2.00 bits per heavy atom. The Bertz CT molecular complexity index is 1040. The highest BCUT2D eigenvalue weighted by molar-refractivity contribution is 7.99. The Hall–Kier alpha value is -3.19. The van der Waals surface area contributed by atoms with Gasteiger partial charge in [-0.05, 0) is 48.0 Å². The van der Waals surface area contributed by atoms with Crippen molar-refractivity contribution in [3.8, 4) is 0 Å². The second kappa shape index (κ2) is 7.20. The molecule has 0 aliphatic carbocycles. The van der Waals surface area contributed by atoms with Crippen LogP contribution in [0.5, 0.6) is 0 Å². The second-order valence-corrected chi connectivity index (χ2v) is 7.04. The van der Waals surface area contributed by atoms with Gasteiger partial charge in [-0.15, -0.1) is 0 Å². The number of hydrogen-bond donors (Lipinski definition) is 2. The molecule has 0 saturated heterocycles. The number of aromatic nitrogens is 1. The standard InChI is InChI=1S/C20H14FN3O2S/c21-14-4-6-17-15(9-14)20(26)24-16-8-13(3-5-18(16)27-17)19(25)23-11-12-2-1-7-22-10-12/h1-10H,11H2,(H,23,25)(H,24,26). The van der Waals surface area contributed by atoms with Gasteiger partial charge in [0.1, 0.15) is 5.82 Å². The number of pyridine rings is 1. The smallest absolute Gasteiger partial charge is 0.256 e. The summed E-state index contributed by atoms with van der Waals surface area (Å²) in [5.74, 6) is -1.12. The van der Waals surface area contributed by atoms with Crippen LogP contribution >= 0.6 is 11.8 Å². The first-order valence-corrected chi connectivity index (χ1v) is 9.02. The number of carbonyl (C=O) groups is 2. The van der Waals surface area contributed by atoms with Crippen molar-refractivity contribution in [3.63, 3.8) is 0 Å². The van der Waals surface area contributed by atoms with Crippen LogP contribution in [0.25, 0.3) is 0 Å². The summed E-state index contributed by atoms with van der Waals surface area (Å²) in [5.41, 5.74) is 2.12. The summed E-state index contributed by atoms with van der Waals surface area (Å²) in [6.45, 7) is 0.357. The van der Waals surface area contributed by atoms with Crippen LogP contribution < -0.4 is 10.6 Å². The van der Waals surface area contributed by atoms with Gasteiger partial charge in [-0.3, -0.25) is 14.6 Å². The fourth-order valence-corrected chi connectivity index (χ4v) is 3.71. The Labute approximate surface area is 159 Å². The van der Waals surface area contributed by atoms with Gasteiger partial charge in [-0.25, -0.2) is 4.39 Å². The number of amides is 2. The monoisotopic (exact) mass is 379 g/mol. The number of nitrogens with one attached hydrogen (secondary N) is 2. The van der Waals surface area contributed by atoms with E-state index in [4.69, 9.17) is 0 Å². The summed E-state index contributed by atoms with van der Waals surface area (Å²) in [5, 5.41) is 5.58. The third kappa shape index (κ3) is 3.68. The first kappa shape index (κ1) is 17.2. The Kier molecular flexibility index (Phi) is 4.60. The molecule has 1 aromatic heterocycles. The lowest BCUT2D eigenvalue weighted by molar-refractivity contribution is 0.0949. The fourth-order valence-electron chi connectivity index (χ4n) is 2.72. The van der Waals surface area contributed by atoms with Crippen LogP contribution in [-0.2, 0) is 6.54 Å². The zero-order valence-corrected chi connectivity index (χ0v) is 14.8. The van der Waals surface area contributed by atoms with Crippen LogP contribution in [0.3, 0.4) is 0 Å². The molecule has 0 fully saturated rings. The van der Waals surface area contributed by atoms with Crippen molar-refractivity contribution >= 4 is 29.3 Å². The van der Waals surface area contributed by atoms with Crippen LogP contribution in [0, 0.1) is 5.82 Å². The van der Waals surface area contributed by atoms with E-state index in [2.05, 4.69) is 15.6 Å². The second-order valence-electron chi connectivity index (χ2n) is 5.95. The van der Waals surface area contributed by atoms with Crippen molar-refractivity contribution < 1.29 is 14.0 Å². The van der Waals surface area contributed by atoms with E-state index in [1.807, 2.05) is 6.07 Å². The lowest BCUT2D eigenvalue weighted by Gasteiger charge is -2.09. The number of nitrogens with zero attached hydrogens (tertiary/aromatic N) is 1.